The van der Waals surface area contributed by atoms with Gasteiger partial charge >= 0.3 is 0 Å². The van der Waals surface area contributed by atoms with E-state index in [1.54, 1.807) is 5.57 Å². The minimum atomic E-state index is 0.646. The van der Waals surface area contributed by atoms with Crippen LogP contribution in [0.1, 0.15) is 62.6 Å². The molecule has 0 bridgehead atoms. The van der Waals surface area contributed by atoms with Crippen LogP contribution < -0.4 is 5.73 Å². The molecular formula is C20H32N2. The van der Waals surface area contributed by atoms with Gasteiger partial charge in [-0.1, -0.05) is 43.7 Å². The van der Waals surface area contributed by atoms with Crippen molar-refractivity contribution in [3.8, 4) is 0 Å². The van der Waals surface area contributed by atoms with Gasteiger partial charge in [-0.05, 0) is 74.8 Å². The van der Waals surface area contributed by atoms with Gasteiger partial charge in [0.2, 0.25) is 0 Å². The minimum Gasteiger partial charge on any atom is -0.326 e. The second-order valence-corrected chi connectivity index (χ2v) is 6.52. The Bertz CT molecular complexity index is 484. The largest absolute Gasteiger partial charge is 0.326 e. The molecule has 0 aromatic heterocycles. The lowest BCUT2D eigenvalue weighted by Crippen LogP contribution is -2.26. The molecule has 2 heteroatoms. The number of fused-ring (bicyclic) bond motifs is 1. The van der Waals surface area contributed by atoms with Gasteiger partial charge in [-0.25, -0.2) is 0 Å². The molecular weight excluding hydrogens is 268 g/mol. The van der Waals surface area contributed by atoms with Gasteiger partial charge in [0.05, 0.1) is 0 Å². The standard InChI is InChI=1S/C20H32N2/c1-3-10-22(11-4-2)12-6-5-7-17-13-19-9-8-18(16-21)15-20(19)14-17/h8-9,13,15H,3-7,10-12,14,16,21H2,1-2H3. The fourth-order valence-electron chi connectivity index (χ4n) is 3.41. The SMILES string of the molecule is CCCN(CCC)CCCCC1=Cc2ccc(CN)cc2C1. The molecule has 0 unspecified atom stereocenters. The normalized spacial score (nSPS) is 13.5. The van der Waals surface area contributed by atoms with Crippen molar-refractivity contribution in [2.24, 2.45) is 5.73 Å². The number of hydrogen-bond donors (Lipinski definition) is 1. The van der Waals surface area contributed by atoms with Gasteiger partial charge in [-0.15, -0.1) is 0 Å². The van der Waals surface area contributed by atoms with E-state index in [1.165, 1.54) is 68.4 Å². The van der Waals surface area contributed by atoms with Crippen molar-refractivity contribution in [2.75, 3.05) is 19.6 Å². The van der Waals surface area contributed by atoms with Crippen LogP contribution in [-0.2, 0) is 13.0 Å². The van der Waals surface area contributed by atoms with E-state index in [0.717, 1.165) is 6.42 Å². The summed E-state index contributed by atoms with van der Waals surface area (Å²) in [7, 11) is 0. The van der Waals surface area contributed by atoms with Gasteiger partial charge in [0.25, 0.3) is 0 Å². The molecule has 2 N–H and O–H groups in total. The molecule has 1 aliphatic carbocycles. The third kappa shape index (κ3) is 4.96. The van der Waals surface area contributed by atoms with Gasteiger partial charge in [0, 0.05) is 6.54 Å². The Hall–Kier alpha value is -1.12. The lowest BCUT2D eigenvalue weighted by Gasteiger charge is -2.20. The molecule has 0 aliphatic heterocycles. The van der Waals surface area contributed by atoms with Crippen LogP contribution in [0.25, 0.3) is 6.08 Å². The van der Waals surface area contributed by atoms with Crippen LogP contribution in [-0.4, -0.2) is 24.5 Å². The van der Waals surface area contributed by atoms with Gasteiger partial charge in [0.1, 0.15) is 0 Å². The van der Waals surface area contributed by atoms with E-state index >= 15 is 0 Å². The molecule has 0 spiro atoms. The summed E-state index contributed by atoms with van der Waals surface area (Å²) in [5, 5.41) is 0. The summed E-state index contributed by atoms with van der Waals surface area (Å²) in [5.41, 5.74) is 11.5. The molecule has 122 valence electrons. The van der Waals surface area contributed by atoms with Crippen molar-refractivity contribution >= 4 is 6.08 Å². The zero-order chi connectivity index (χ0) is 15.8. The average molecular weight is 300 g/mol. The molecule has 0 fully saturated rings. The quantitative estimate of drug-likeness (QED) is 0.650. The Balaban J connectivity index is 1.72. The molecule has 0 radical (unpaired) electrons. The number of nitrogens with two attached hydrogens (primary N) is 1. The van der Waals surface area contributed by atoms with Crippen LogP contribution >= 0.6 is 0 Å². The molecule has 0 saturated heterocycles. The third-order valence-corrected chi connectivity index (χ3v) is 4.52. The zero-order valence-electron chi connectivity index (χ0n) is 14.4. The summed E-state index contributed by atoms with van der Waals surface area (Å²) in [5.74, 6) is 0. The van der Waals surface area contributed by atoms with E-state index in [1.807, 2.05) is 0 Å². The maximum atomic E-state index is 5.73. The van der Waals surface area contributed by atoms with Gasteiger partial charge < -0.3 is 10.6 Å². The van der Waals surface area contributed by atoms with Crippen LogP contribution in [0.2, 0.25) is 0 Å². The topological polar surface area (TPSA) is 29.3 Å². The van der Waals surface area contributed by atoms with E-state index in [4.69, 9.17) is 5.73 Å². The highest BCUT2D eigenvalue weighted by Crippen LogP contribution is 2.28. The monoisotopic (exact) mass is 300 g/mol. The third-order valence-electron chi connectivity index (χ3n) is 4.52. The number of benzene rings is 1. The Kier molecular flexibility index (Phi) is 7.14. The molecule has 2 nitrogen and oxygen atoms in total. The molecule has 0 amide bonds. The lowest BCUT2D eigenvalue weighted by atomic mass is 10.0. The highest BCUT2D eigenvalue weighted by atomic mass is 15.1. The maximum absolute atomic E-state index is 5.73. The van der Waals surface area contributed by atoms with E-state index in [-0.39, 0.29) is 0 Å². The van der Waals surface area contributed by atoms with Crippen LogP contribution in [0.3, 0.4) is 0 Å². The number of unbranched alkanes of at least 4 members (excludes halogenated alkanes) is 1. The minimum absolute atomic E-state index is 0.646. The van der Waals surface area contributed by atoms with Gasteiger partial charge in [0.15, 0.2) is 0 Å². The molecule has 1 aromatic rings. The van der Waals surface area contributed by atoms with Crippen molar-refractivity contribution in [3.63, 3.8) is 0 Å². The Morgan fingerprint density at radius 3 is 2.50 bits per heavy atom. The van der Waals surface area contributed by atoms with Gasteiger partial charge in [-0.2, -0.15) is 0 Å². The molecule has 1 aliphatic rings. The molecule has 1 aromatic carbocycles. The van der Waals surface area contributed by atoms with Crippen LogP contribution in [0.4, 0.5) is 0 Å². The van der Waals surface area contributed by atoms with E-state index in [2.05, 4.69) is 43.0 Å². The van der Waals surface area contributed by atoms with E-state index in [9.17, 15) is 0 Å². The zero-order valence-corrected chi connectivity index (χ0v) is 14.4. The van der Waals surface area contributed by atoms with E-state index < -0.39 is 0 Å². The van der Waals surface area contributed by atoms with Crippen molar-refractivity contribution in [3.05, 3.63) is 40.5 Å². The number of hydrogen-bond acceptors (Lipinski definition) is 2. The fraction of sp³-hybridized carbons (Fsp3) is 0.600. The predicted molar refractivity (Wildman–Crippen MR) is 96.9 cm³/mol. The smallest absolute Gasteiger partial charge is 0.0178 e. The number of nitrogens with zero attached hydrogens (tertiary/aromatic N) is 1. The summed E-state index contributed by atoms with van der Waals surface area (Å²) in [6, 6.07) is 6.67. The second-order valence-electron chi connectivity index (χ2n) is 6.52. The first kappa shape index (κ1) is 17.2. The first-order valence-electron chi connectivity index (χ1n) is 9.00. The maximum Gasteiger partial charge on any atom is 0.0178 e. The van der Waals surface area contributed by atoms with E-state index in [0.29, 0.717) is 6.54 Å². The van der Waals surface area contributed by atoms with Crippen LogP contribution in [0.5, 0.6) is 0 Å². The van der Waals surface area contributed by atoms with Crippen LogP contribution in [0, 0.1) is 0 Å². The number of allylic oxidation sites excluding steroid dienone is 1. The van der Waals surface area contributed by atoms with Gasteiger partial charge in [-0.3, -0.25) is 0 Å². The van der Waals surface area contributed by atoms with Crippen molar-refractivity contribution in [1.82, 2.24) is 4.90 Å². The highest BCUT2D eigenvalue weighted by Gasteiger charge is 2.12. The molecule has 0 saturated carbocycles. The summed E-state index contributed by atoms with van der Waals surface area (Å²) in [6.07, 6.45) is 9.95. The Morgan fingerprint density at radius 1 is 1.05 bits per heavy atom. The Labute approximate surface area is 136 Å². The van der Waals surface area contributed by atoms with Crippen molar-refractivity contribution in [1.29, 1.82) is 0 Å². The van der Waals surface area contributed by atoms with Crippen LogP contribution in [0.15, 0.2) is 23.8 Å². The lowest BCUT2D eigenvalue weighted by molar-refractivity contribution is 0.269. The summed E-state index contributed by atoms with van der Waals surface area (Å²) >= 11 is 0. The number of rotatable bonds is 10. The Morgan fingerprint density at radius 2 is 1.82 bits per heavy atom. The molecule has 0 atom stereocenters. The van der Waals surface area contributed by atoms with Crippen molar-refractivity contribution in [2.45, 2.75) is 58.9 Å². The summed E-state index contributed by atoms with van der Waals surface area (Å²) in [4.78, 5) is 2.62. The average Bonchev–Trinajstić information content (AvgIpc) is 2.93. The predicted octanol–water partition coefficient (Wildman–Crippen LogP) is 4.38. The van der Waals surface area contributed by atoms with Crippen molar-refractivity contribution < 1.29 is 0 Å². The fourth-order valence-corrected chi connectivity index (χ4v) is 3.41. The highest BCUT2D eigenvalue weighted by molar-refractivity contribution is 5.64. The molecule has 22 heavy (non-hydrogen) atoms. The molecule has 2 rings (SSSR count). The summed E-state index contributed by atoms with van der Waals surface area (Å²) in [6.45, 7) is 8.97. The first-order valence-corrected chi connectivity index (χ1v) is 9.00. The first-order chi connectivity index (χ1) is 10.8. The second kappa shape index (κ2) is 9.12. The summed E-state index contributed by atoms with van der Waals surface area (Å²) < 4.78 is 0. The molecule has 0 heterocycles.